The van der Waals surface area contributed by atoms with E-state index in [0.717, 1.165) is 37.1 Å². The number of rotatable bonds is 4. The van der Waals surface area contributed by atoms with Crippen LogP contribution in [0.1, 0.15) is 30.4 Å². The van der Waals surface area contributed by atoms with Crippen LogP contribution >= 0.6 is 11.6 Å². The fourth-order valence-electron chi connectivity index (χ4n) is 5.72. The van der Waals surface area contributed by atoms with Gasteiger partial charge in [-0.1, -0.05) is 47.1 Å². The van der Waals surface area contributed by atoms with Crippen LogP contribution in [0.3, 0.4) is 0 Å². The van der Waals surface area contributed by atoms with Crippen molar-refractivity contribution in [3.05, 3.63) is 65.4 Å². The Morgan fingerprint density at radius 1 is 1.06 bits per heavy atom. The third kappa shape index (κ3) is 4.00. The molecule has 1 saturated carbocycles. The molecule has 3 aliphatic rings. The average Bonchev–Trinajstić information content (AvgIpc) is 3.25. The zero-order chi connectivity index (χ0) is 24.4. The van der Waals surface area contributed by atoms with E-state index in [1.165, 1.54) is 12.3 Å². The Morgan fingerprint density at radius 3 is 2.40 bits per heavy atom. The van der Waals surface area contributed by atoms with Crippen LogP contribution < -0.4 is 0 Å². The van der Waals surface area contributed by atoms with E-state index < -0.39 is 9.84 Å². The number of amides is 2. The van der Waals surface area contributed by atoms with Crippen LogP contribution in [0.2, 0.25) is 5.02 Å². The van der Waals surface area contributed by atoms with Crippen LogP contribution in [0.5, 0.6) is 0 Å². The first-order chi connectivity index (χ1) is 16.7. The highest BCUT2D eigenvalue weighted by Crippen LogP contribution is 2.54. The Hall–Kier alpha value is -2.91. The highest BCUT2D eigenvalue weighted by Gasteiger charge is 2.55. The van der Waals surface area contributed by atoms with Crippen molar-refractivity contribution in [2.45, 2.75) is 29.7 Å². The van der Waals surface area contributed by atoms with E-state index in [1.807, 2.05) is 44.9 Å². The van der Waals surface area contributed by atoms with Crippen molar-refractivity contribution < 1.29 is 13.2 Å². The molecular weight excluding hydrogens is 486 g/mol. The predicted octanol–water partition coefficient (Wildman–Crippen LogP) is 3.86. The number of carbonyl (C=O) groups excluding carboxylic acids is 1. The lowest BCUT2D eigenvalue weighted by Gasteiger charge is -2.60. The van der Waals surface area contributed by atoms with Crippen LogP contribution in [0, 0.1) is 5.41 Å². The molecule has 35 heavy (non-hydrogen) atoms. The molecule has 1 spiro atoms. The monoisotopic (exact) mass is 511 g/mol. The number of hydrogen-bond donors (Lipinski definition) is 0. The van der Waals surface area contributed by atoms with Gasteiger partial charge < -0.3 is 9.80 Å². The number of halogens is 1. The van der Waals surface area contributed by atoms with E-state index in [2.05, 4.69) is 10.3 Å². The lowest BCUT2D eigenvalue weighted by molar-refractivity contribution is -0.0773. The molecule has 2 saturated heterocycles. The Bertz CT molecular complexity index is 1370. The van der Waals surface area contributed by atoms with Gasteiger partial charge in [-0.3, -0.25) is 0 Å². The lowest BCUT2D eigenvalue weighted by atomic mass is 9.60. The zero-order valence-corrected chi connectivity index (χ0v) is 20.9. The quantitative estimate of drug-likeness (QED) is 0.530. The van der Waals surface area contributed by atoms with Crippen molar-refractivity contribution in [2.24, 2.45) is 5.41 Å². The third-order valence-electron chi connectivity index (χ3n) is 7.66. The molecule has 2 amide bonds. The fourth-order valence-corrected chi connectivity index (χ4v) is 6.88. The first-order valence-electron chi connectivity index (χ1n) is 11.7. The Morgan fingerprint density at radius 2 is 1.77 bits per heavy atom. The fraction of sp³-hybridized carbons (Fsp3) is 0.400. The molecule has 3 fully saturated rings. The molecular formula is C25H26ClN5O3S. The largest absolute Gasteiger partial charge is 0.323 e. The maximum absolute atomic E-state index is 12.9. The number of urea groups is 1. The van der Waals surface area contributed by atoms with E-state index in [0.29, 0.717) is 35.6 Å². The van der Waals surface area contributed by atoms with Gasteiger partial charge in [0.1, 0.15) is 0 Å². The van der Waals surface area contributed by atoms with Gasteiger partial charge in [0.05, 0.1) is 17.1 Å². The summed E-state index contributed by atoms with van der Waals surface area (Å²) in [5, 5.41) is 8.37. The van der Waals surface area contributed by atoms with Crippen molar-refractivity contribution in [2.75, 3.05) is 32.4 Å². The van der Waals surface area contributed by atoms with Crippen molar-refractivity contribution in [3.63, 3.8) is 0 Å². The number of nitrogens with zero attached hydrogens (tertiary/aromatic N) is 5. The molecule has 0 atom stereocenters. The number of likely N-dealkylation sites (tertiary alicyclic amines) is 2. The molecule has 182 valence electrons. The average molecular weight is 512 g/mol. The molecule has 8 nitrogen and oxygen atoms in total. The molecule has 3 heterocycles. The summed E-state index contributed by atoms with van der Waals surface area (Å²) in [5.41, 5.74) is 2.89. The van der Waals surface area contributed by atoms with Crippen LogP contribution in [0.15, 0.2) is 59.8 Å². The molecule has 0 bridgehead atoms. The van der Waals surface area contributed by atoms with Crippen molar-refractivity contribution >= 4 is 27.5 Å². The van der Waals surface area contributed by atoms with Crippen molar-refractivity contribution in [1.82, 2.24) is 24.8 Å². The van der Waals surface area contributed by atoms with E-state index in [1.54, 1.807) is 18.3 Å². The lowest BCUT2D eigenvalue weighted by Crippen LogP contribution is -2.67. The van der Waals surface area contributed by atoms with Gasteiger partial charge >= 0.3 is 6.03 Å². The number of benzene rings is 2. The highest BCUT2D eigenvalue weighted by molar-refractivity contribution is 7.90. The molecule has 2 aliphatic heterocycles. The molecule has 0 unspecified atom stereocenters. The molecule has 0 N–H and O–H groups in total. The van der Waals surface area contributed by atoms with Gasteiger partial charge in [-0.2, -0.15) is 0 Å². The Labute approximate surface area is 209 Å². The molecule has 6 rings (SSSR count). The minimum absolute atomic E-state index is 0.131. The molecule has 1 aliphatic carbocycles. The molecule has 10 heteroatoms. The van der Waals surface area contributed by atoms with Crippen LogP contribution in [0.25, 0.3) is 11.1 Å². The first kappa shape index (κ1) is 22.5. The van der Waals surface area contributed by atoms with Gasteiger partial charge in [-0.25, -0.2) is 17.9 Å². The van der Waals surface area contributed by atoms with Crippen LogP contribution in [0.4, 0.5) is 4.79 Å². The number of carbonyl (C=O) groups is 1. The maximum Gasteiger partial charge on any atom is 0.320 e. The second-order valence-corrected chi connectivity index (χ2v) is 12.6. The summed E-state index contributed by atoms with van der Waals surface area (Å²) in [4.78, 5) is 17.0. The van der Waals surface area contributed by atoms with Crippen molar-refractivity contribution in [1.29, 1.82) is 0 Å². The second kappa shape index (κ2) is 8.06. The summed E-state index contributed by atoms with van der Waals surface area (Å²) in [6, 6.07) is 13.4. The van der Waals surface area contributed by atoms with E-state index in [9.17, 15) is 13.2 Å². The Balaban J connectivity index is 1.04. The summed E-state index contributed by atoms with van der Waals surface area (Å²) in [5.74, 6) is 0.295. The van der Waals surface area contributed by atoms with E-state index in [-0.39, 0.29) is 16.3 Å². The Kier molecular flexibility index (Phi) is 5.19. The van der Waals surface area contributed by atoms with Gasteiger partial charge in [0.2, 0.25) is 0 Å². The van der Waals surface area contributed by atoms with E-state index >= 15 is 0 Å². The standard InChI is InChI=1S/C25H26ClN5O3S/c1-35(33,34)23-10-20(26)6-7-22(23)18-4-2-17(3-5-18)19-13-29(14-19)24(32)30-15-25(16-30)11-21(12-25)31-9-8-27-28-31/h2-10,19,21H,11-16H2,1H3. The molecule has 2 aromatic carbocycles. The zero-order valence-electron chi connectivity index (χ0n) is 19.3. The number of aromatic nitrogens is 3. The SMILES string of the molecule is CS(=O)(=O)c1cc(Cl)ccc1-c1ccc(C2CN(C(=O)N3CC4(CC(n5ccnn5)C4)C3)C2)cc1. The van der Waals surface area contributed by atoms with Crippen LogP contribution in [-0.4, -0.2) is 71.7 Å². The second-order valence-electron chi connectivity index (χ2n) is 10.2. The van der Waals surface area contributed by atoms with Gasteiger partial charge in [0, 0.05) is 60.6 Å². The molecule has 1 aromatic heterocycles. The first-order valence-corrected chi connectivity index (χ1v) is 14.0. The van der Waals surface area contributed by atoms with Crippen molar-refractivity contribution in [3.8, 4) is 11.1 Å². The van der Waals surface area contributed by atoms with Gasteiger partial charge in [0.15, 0.2) is 9.84 Å². The van der Waals surface area contributed by atoms with Gasteiger partial charge in [-0.15, -0.1) is 5.10 Å². The summed E-state index contributed by atoms with van der Waals surface area (Å²) in [6.07, 6.45) is 6.93. The maximum atomic E-state index is 12.9. The number of sulfone groups is 1. The van der Waals surface area contributed by atoms with Gasteiger partial charge in [0.25, 0.3) is 0 Å². The summed E-state index contributed by atoms with van der Waals surface area (Å²) in [7, 11) is -3.41. The minimum Gasteiger partial charge on any atom is -0.323 e. The third-order valence-corrected chi connectivity index (χ3v) is 9.04. The normalized spacial score (nSPS) is 19.8. The summed E-state index contributed by atoms with van der Waals surface area (Å²) < 4.78 is 26.4. The molecule has 3 aromatic rings. The number of hydrogen-bond acceptors (Lipinski definition) is 5. The summed E-state index contributed by atoms with van der Waals surface area (Å²) in [6.45, 7) is 3.07. The van der Waals surface area contributed by atoms with Gasteiger partial charge in [-0.05, 0) is 36.1 Å². The predicted molar refractivity (Wildman–Crippen MR) is 132 cm³/mol. The smallest absolute Gasteiger partial charge is 0.320 e. The molecule has 0 radical (unpaired) electrons. The van der Waals surface area contributed by atoms with Crippen LogP contribution in [-0.2, 0) is 9.84 Å². The van der Waals surface area contributed by atoms with E-state index in [4.69, 9.17) is 11.6 Å². The topological polar surface area (TPSA) is 88.4 Å². The minimum atomic E-state index is -3.41. The summed E-state index contributed by atoms with van der Waals surface area (Å²) >= 11 is 6.03. The highest BCUT2D eigenvalue weighted by atomic mass is 35.5.